The molecule has 3 rings (SSSR count). The lowest BCUT2D eigenvalue weighted by molar-refractivity contribution is -0.136. The van der Waals surface area contributed by atoms with Gasteiger partial charge in [0.2, 0.25) is 0 Å². The van der Waals surface area contributed by atoms with E-state index in [1.54, 1.807) is 6.07 Å². The van der Waals surface area contributed by atoms with Crippen molar-refractivity contribution in [3.8, 4) is 16.9 Å². The number of carboxylic acid groups (broad SMARTS) is 1. The van der Waals surface area contributed by atoms with Crippen molar-refractivity contribution in [2.75, 3.05) is 6.54 Å². The number of hydrogen-bond acceptors (Lipinski definition) is 4. The fourth-order valence-electron chi connectivity index (χ4n) is 4.19. The number of aryl methyl sites for hydroxylation is 3. The molecule has 1 aromatic heterocycles. The van der Waals surface area contributed by atoms with Crippen LogP contribution < -0.4 is 10.1 Å². The van der Waals surface area contributed by atoms with Gasteiger partial charge in [0.25, 0.3) is 5.91 Å². The molecule has 0 radical (unpaired) electrons. The smallest absolute Gasteiger partial charge is 0.305 e. The Kier molecular flexibility index (Phi) is 9.10. The lowest BCUT2D eigenvalue weighted by Gasteiger charge is -2.22. The molecule has 3 aromatic rings. The molecule has 0 aliphatic carbocycles. The van der Waals surface area contributed by atoms with Crippen molar-refractivity contribution in [2.45, 2.75) is 60.0 Å². The van der Waals surface area contributed by atoms with Gasteiger partial charge in [0, 0.05) is 11.4 Å². The summed E-state index contributed by atoms with van der Waals surface area (Å²) in [4.78, 5) is 24.6. The molecule has 0 aliphatic heterocycles. The summed E-state index contributed by atoms with van der Waals surface area (Å²) in [6, 6.07) is 16.6. The number of thiophene rings is 1. The van der Waals surface area contributed by atoms with Crippen LogP contribution in [0.1, 0.15) is 71.0 Å². The summed E-state index contributed by atoms with van der Waals surface area (Å²) in [7, 11) is 0. The zero-order chi connectivity index (χ0) is 25.5. The van der Waals surface area contributed by atoms with Gasteiger partial charge in [-0.2, -0.15) is 0 Å². The van der Waals surface area contributed by atoms with Crippen LogP contribution in [0, 0.1) is 19.8 Å². The van der Waals surface area contributed by atoms with E-state index in [-0.39, 0.29) is 25.0 Å². The number of carboxylic acids is 1. The largest absolute Gasteiger partial charge is 0.485 e. The molecule has 0 saturated heterocycles. The van der Waals surface area contributed by atoms with Crippen molar-refractivity contribution in [2.24, 2.45) is 5.92 Å². The third-order valence-corrected chi connectivity index (χ3v) is 7.09. The third kappa shape index (κ3) is 7.18. The second kappa shape index (κ2) is 12.0. The summed E-state index contributed by atoms with van der Waals surface area (Å²) < 4.78 is 6.51. The Morgan fingerprint density at radius 1 is 1.03 bits per heavy atom. The normalized spacial score (nSPS) is 11.9. The maximum absolute atomic E-state index is 12.4. The SMILES string of the molecule is CCc1ccc(-c2c(C)cc(OC(CC(C)C)c3ccc(C(=O)NCCC(=O)O)s3)cc2C)cc1. The van der Waals surface area contributed by atoms with Gasteiger partial charge in [-0.05, 0) is 84.7 Å². The second-order valence-electron chi connectivity index (χ2n) is 9.32. The molecule has 186 valence electrons. The first-order valence-corrected chi connectivity index (χ1v) is 13.0. The molecule has 0 bridgehead atoms. The van der Waals surface area contributed by atoms with Gasteiger partial charge in [0.05, 0.1) is 11.3 Å². The van der Waals surface area contributed by atoms with E-state index in [1.807, 2.05) is 6.07 Å². The molecule has 0 aliphatic rings. The number of ether oxygens (including phenoxy) is 1. The maximum atomic E-state index is 12.4. The van der Waals surface area contributed by atoms with Crippen molar-refractivity contribution >= 4 is 23.2 Å². The molecule has 0 spiro atoms. The Morgan fingerprint density at radius 3 is 2.26 bits per heavy atom. The van der Waals surface area contributed by atoms with E-state index in [1.165, 1.54) is 28.0 Å². The van der Waals surface area contributed by atoms with E-state index in [2.05, 4.69) is 76.3 Å². The van der Waals surface area contributed by atoms with Crippen LogP contribution in [0.2, 0.25) is 0 Å². The topological polar surface area (TPSA) is 75.6 Å². The Bertz CT molecular complexity index is 1140. The highest BCUT2D eigenvalue weighted by Crippen LogP contribution is 2.36. The van der Waals surface area contributed by atoms with Gasteiger partial charge in [-0.25, -0.2) is 0 Å². The van der Waals surface area contributed by atoms with E-state index < -0.39 is 5.97 Å². The summed E-state index contributed by atoms with van der Waals surface area (Å²) >= 11 is 1.40. The van der Waals surface area contributed by atoms with Crippen molar-refractivity contribution < 1.29 is 19.4 Å². The maximum Gasteiger partial charge on any atom is 0.305 e. The molecule has 0 fully saturated rings. The summed E-state index contributed by atoms with van der Waals surface area (Å²) in [6.07, 6.45) is 1.57. The Labute approximate surface area is 212 Å². The van der Waals surface area contributed by atoms with Crippen LogP contribution in [0.5, 0.6) is 5.75 Å². The summed E-state index contributed by atoms with van der Waals surface area (Å²) in [5, 5.41) is 11.4. The highest BCUT2D eigenvalue weighted by molar-refractivity contribution is 7.14. The lowest BCUT2D eigenvalue weighted by atomic mass is 9.94. The van der Waals surface area contributed by atoms with Crippen molar-refractivity contribution in [3.05, 3.63) is 75.0 Å². The Hall–Kier alpha value is -3.12. The summed E-state index contributed by atoms with van der Waals surface area (Å²) in [5.41, 5.74) is 6.09. The van der Waals surface area contributed by atoms with Crippen molar-refractivity contribution in [3.63, 3.8) is 0 Å². The molecular formula is C29H35NO4S. The van der Waals surface area contributed by atoms with Crippen LogP contribution in [0.4, 0.5) is 0 Å². The van der Waals surface area contributed by atoms with Crippen LogP contribution in [0.3, 0.4) is 0 Å². The number of amides is 1. The zero-order valence-electron chi connectivity index (χ0n) is 21.2. The molecule has 1 heterocycles. The molecule has 6 heteroatoms. The summed E-state index contributed by atoms with van der Waals surface area (Å²) in [5.74, 6) is 0.0435. The molecule has 2 N–H and O–H groups in total. The fourth-order valence-corrected chi connectivity index (χ4v) is 5.15. The van der Waals surface area contributed by atoms with Gasteiger partial charge >= 0.3 is 5.97 Å². The molecule has 2 aromatic carbocycles. The molecule has 1 amide bonds. The Balaban J connectivity index is 1.80. The minimum atomic E-state index is -0.933. The standard InChI is InChI=1S/C29H35NO4S/c1-6-21-7-9-22(10-8-21)28-19(4)16-23(17-20(28)5)34-24(15-18(2)3)25-11-12-26(35-25)29(33)30-14-13-27(31)32/h7-12,16-18,24H,6,13-15H2,1-5H3,(H,30,33)(H,31,32). The highest BCUT2D eigenvalue weighted by Gasteiger charge is 2.21. The minimum absolute atomic E-state index is 0.0967. The Morgan fingerprint density at radius 2 is 1.69 bits per heavy atom. The van der Waals surface area contributed by atoms with E-state index in [0.717, 1.165) is 34.6 Å². The van der Waals surface area contributed by atoms with Crippen LogP contribution >= 0.6 is 11.3 Å². The molecular weight excluding hydrogens is 458 g/mol. The molecule has 5 nitrogen and oxygen atoms in total. The van der Waals surface area contributed by atoms with Gasteiger partial charge in [-0.3, -0.25) is 9.59 Å². The first-order chi connectivity index (χ1) is 16.7. The highest BCUT2D eigenvalue weighted by atomic mass is 32.1. The van der Waals surface area contributed by atoms with Crippen LogP contribution in [0.25, 0.3) is 11.1 Å². The zero-order valence-corrected chi connectivity index (χ0v) is 22.0. The predicted molar refractivity (Wildman–Crippen MR) is 142 cm³/mol. The quantitative estimate of drug-likeness (QED) is 0.303. The van der Waals surface area contributed by atoms with Gasteiger partial charge in [0.15, 0.2) is 0 Å². The van der Waals surface area contributed by atoms with E-state index in [9.17, 15) is 9.59 Å². The van der Waals surface area contributed by atoms with E-state index >= 15 is 0 Å². The molecule has 35 heavy (non-hydrogen) atoms. The number of carbonyl (C=O) groups is 2. The first-order valence-electron chi connectivity index (χ1n) is 12.1. The molecule has 1 unspecified atom stereocenters. The van der Waals surface area contributed by atoms with E-state index in [0.29, 0.717) is 10.8 Å². The first kappa shape index (κ1) is 26.5. The van der Waals surface area contributed by atoms with Gasteiger partial charge in [-0.15, -0.1) is 11.3 Å². The molecule has 1 atom stereocenters. The number of hydrogen-bond donors (Lipinski definition) is 2. The third-order valence-electron chi connectivity index (χ3n) is 5.91. The minimum Gasteiger partial charge on any atom is -0.485 e. The van der Waals surface area contributed by atoms with Crippen molar-refractivity contribution in [1.29, 1.82) is 0 Å². The van der Waals surface area contributed by atoms with Crippen LogP contribution in [-0.2, 0) is 11.2 Å². The van der Waals surface area contributed by atoms with Crippen LogP contribution in [0.15, 0.2) is 48.5 Å². The number of nitrogens with one attached hydrogen (secondary N) is 1. The second-order valence-corrected chi connectivity index (χ2v) is 10.4. The number of rotatable bonds is 11. The lowest BCUT2D eigenvalue weighted by Crippen LogP contribution is -2.25. The number of benzene rings is 2. The summed E-state index contributed by atoms with van der Waals surface area (Å²) in [6.45, 7) is 10.8. The van der Waals surface area contributed by atoms with E-state index in [4.69, 9.17) is 9.84 Å². The average Bonchev–Trinajstić information content (AvgIpc) is 3.28. The van der Waals surface area contributed by atoms with Gasteiger partial charge in [-0.1, -0.05) is 45.0 Å². The van der Waals surface area contributed by atoms with Crippen molar-refractivity contribution in [1.82, 2.24) is 5.32 Å². The molecule has 0 saturated carbocycles. The monoisotopic (exact) mass is 493 g/mol. The average molecular weight is 494 g/mol. The van der Waals surface area contributed by atoms with Crippen LogP contribution in [-0.4, -0.2) is 23.5 Å². The number of carbonyl (C=O) groups excluding carboxylic acids is 1. The van der Waals surface area contributed by atoms with Gasteiger partial charge < -0.3 is 15.2 Å². The number of aliphatic carboxylic acids is 1. The van der Waals surface area contributed by atoms with Gasteiger partial charge in [0.1, 0.15) is 11.9 Å². The predicted octanol–water partition coefficient (Wildman–Crippen LogP) is 6.97. The fraction of sp³-hybridized carbons (Fsp3) is 0.379.